The maximum absolute atomic E-state index is 12.9. The molecule has 166 valence electrons. The van der Waals surface area contributed by atoms with Gasteiger partial charge in [-0.05, 0) is 36.2 Å². The van der Waals surface area contributed by atoms with Crippen molar-refractivity contribution in [2.24, 2.45) is 0 Å². The summed E-state index contributed by atoms with van der Waals surface area (Å²) in [6.07, 6.45) is 4.63. The number of pyridine rings is 1. The number of morpholine rings is 1. The molecule has 0 spiro atoms. The Morgan fingerprint density at radius 3 is 2.55 bits per heavy atom. The minimum atomic E-state index is -0.313. The quantitative estimate of drug-likeness (QED) is 0.610. The molecule has 0 aliphatic carbocycles. The Bertz CT molecular complexity index is 797. The first-order chi connectivity index (χ1) is 15.2. The number of hydrogen-bond donors (Lipinski definition) is 2. The molecular weight excluding hydrogens is 394 g/mol. The first-order valence-corrected chi connectivity index (χ1v) is 10.8. The normalized spacial score (nSPS) is 14.1. The van der Waals surface area contributed by atoms with Crippen LogP contribution >= 0.6 is 0 Å². The lowest BCUT2D eigenvalue weighted by molar-refractivity contribution is -0.131. The van der Waals surface area contributed by atoms with E-state index in [1.807, 2.05) is 47.4 Å². The number of anilines is 1. The van der Waals surface area contributed by atoms with E-state index in [4.69, 9.17) is 4.74 Å². The predicted octanol–water partition coefficient (Wildman–Crippen LogP) is 2.34. The molecule has 8 nitrogen and oxygen atoms in total. The van der Waals surface area contributed by atoms with Crippen molar-refractivity contribution in [1.29, 1.82) is 0 Å². The molecule has 2 heterocycles. The second-order valence-corrected chi connectivity index (χ2v) is 7.48. The van der Waals surface area contributed by atoms with E-state index in [1.165, 1.54) is 0 Å². The molecule has 1 fully saturated rings. The molecule has 31 heavy (non-hydrogen) atoms. The van der Waals surface area contributed by atoms with Crippen molar-refractivity contribution in [2.75, 3.05) is 51.3 Å². The van der Waals surface area contributed by atoms with E-state index < -0.39 is 0 Å². The zero-order chi connectivity index (χ0) is 21.7. The van der Waals surface area contributed by atoms with Crippen molar-refractivity contribution in [3.8, 4) is 0 Å². The molecule has 0 bridgehead atoms. The van der Waals surface area contributed by atoms with Gasteiger partial charge >= 0.3 is 6.03 Å². The number of nitrogens with zero attached hydrogens (tertiary/aromatic N) is 3. The molecule has 1 saturated heterocycles. The summed E-state index contributed by atoms with van der Waals surface area (Å²) in [5.41, 5.74) is 1.76. The zero-order valence-electron chi connectivity index (χ0n) is 17.8. The number of carbonyl (C=O) groups excluding carboxylic acids is 2. The highest BCUT2D eigenvalue weighted by molar-refractivity contribution is 5.89. The SMILES string of the molecule is O=C(NCCC(=O)N(CCCN1CCOCC1)Cc1ccncc1)Nc1ccccc1. The average molecular weight is 426 g/mol. The van der Waals surface area contributed by atoms with Crippen LogP contribution in [0.5, 0.6) is 0 Å². The number of nitrogens with one attached hydrogen (secondary N) is 2. The molecule has 2 aromatic rings. The second-order valence-electron chi connectivity index (χ2n) is 7.48. The monoisotopic (exact) mass is 425 g/mol. The molecule has 1 aliphatic heterocycles. The van der Waals surface area contributed by atoms with E-state index >= 15 is 0 Å². The summed E-state index contributed by atoms with van der Waals surface area (Å²) in [5, 5.41) is 5.52. The van der Waals surface area contributed by atoms with Crippen LogP contribution in [-0.4, -0.2) is 72.7 Å². The summed E-state index contributed by atoms with van der Waals surface area (Å²) in [7, 11) is 0. The number of benzene rings is 1. The van der Waals surface area contributed by atoms with Crippen LogP contribution in [-0.2, 0) is 16.1 Å². The lowest BCUT2D eigenvalue weighted by Gasteiger charge is -2.28. The van der Waals surface area contributed by atoms with E-state index in [9.17, 15) is 9.59 Å². The van der Waals surface area contributed by atoms with Gasteiger partial charge in [-0.3, -0.25) is 14.7 Å². The first kappa shape index (κ1) is 22.7. The van der Waals surface area contributed by atoms with E-state index in [0.717, 1.165) is 44.8 Å². The average Bonchev–Trinajstić information content (AvgIpc) is 2.80. The van der Waals surface area contributed by atoms with Gasteiger partial charge in [-0.1, -0.05) is 18.2 Å². The fourth-order valence-corrected chi connectivity index (χ4v) is 3.45. The number of para-hydroxylation sites is 1. The molecule has 2 N–H and O–H groups in total. The van der Waals surface area contributed by atoms with Gasteiger partial charge in [-0.25, -0.2) is 4.79 Å². The van der Waals surface area contributed by atoms with Crippen LogP contribution < -0.4 is 10.6 Å². The van der Waals surface area contributed by atoms with Crippen LogP contribution in [0.2, 0.25) is 0 Å². The molecule has 8 heteroatoms. The summed E-state index contributed by atoms with van der Waals surface area (Å²) in [6.45, 7) is 5.88. The molecule has 0 saturated carbocycles. The van der Waals surface area contributed by atoms with Crippen LogP contribution in [0, 0.1) is 0 Å². The van der Waals surface area contributed by atoms with Crippen molar-refractivity contribution in [3.63, 3.8) is 0 Å². The largest absolute Gasteiger partial charge is 0.379 e. The second kappa shape index (κ2) is 12.7. The predicted molar refractivity (Wildman–Crippen MR) is 120 cm³/mol. The molecule has 0 unspecified atom stereocenters. The summed E-state index contributed by atoms with van der Waals surface area (Å²) in [4.78, 5) is 33.2. The third-order valence-corrected chi connectivity index (χ3v) is 5.14. The Morgan fingerprint density at radius 2 is 1.81 bits per heavy atom. The van der Waals surface area contributed by atoms with Crippen molar-refractivity contribution in [1.82, 2.24) is 20.1 Å². The fourth-order valence-electron chi connectivity index (χ4n) is 3.45. The molecular formula is C23H31N5O3. The standard InChI is InChI=1S/C23H31N5O3/c29-22(9-12-25-23(30)26-21-5-2-1-3-6-21)28(19-20-7-10-24-11-8-20)14-4-13-27-15-17-31-18-16-27/h1-3,5-8,10-11H,4,9,12-19H2,(H2,25,26,30). The Morgan fingerprint density at radius 1 is 1.06 bits per heavy atom. The molecule has 1 aromatic carbocycles. The Balaban J connectivity index is 1.45. The van der Waals surface area contributed by atoms with E-state index in [1.54, 1.807) is 12.4 Å². The molecule has 0 radical (unpaired) electrons. The van der Waals surface area contributed by atoms with Gasteiger partial charge in [-0.2, -0.15) is 0 Å². The number of rotatable bonds is 10. The number of carbonyl (C=O) groups is 2. The van der Waals surface area contributed by atoms with E-state index in [2.05, 4.69) is 20.5 Å². The molecule has 3 rings (SSSR count). The van der Waals surface area contributed by atoms with Gasteiger partial charge in [-0.15, -0.1) is 0 Å². The molecule has 0 atom stereocenters. The smallest absolute Gasteiger partial charge is 0.319 e. The summed E-state index contributed by atoms with van der Waals surface area (Å²) >= 11 is 0. The van der Waals surface area contributed by atoms with Crippen LogP contribution in [0.4, 0.5) is 10.5 Å². The number of ether oxygens (including phenoxy) is 1. The zero-order valence-corrected chi connectivity index (χ0v) is 17.8. The van der Waals surface area contributed by atoms with Gasteiger partial charge in [0.15, 0.2) is 0 Å². The Kier molecular flexibility index (Phi) is 9.28. The Labute approximate surface area is 183 Å². The van der Waals surface area contributed by atoms with Gasteiger partial charge in [0.1, 0.15) is 0 Å². The highest BCUT2D eigenvalue weighted by atomic mass is 16.5. The molecule has 1 aliphatic rings. The number of urea groups is 1. The van der Waals surface area contributed by atoms with E-state index in [0.29, 0.717) is 18.8 Å². The summed E-state index contributed by atoms with van der Waals surface area (Å²) in [5.74, 6) is 0.0267. The fraction of sp³-hybridized carbons (Fsp3) is 0.435. The lowest BCUT2D eigenvalue weighted by Crippen LogP contribution is -2.39. The third-order valence-electron chi connectivity index (χ3n) is 5.14. The Hall–Kier alpha value is -2.97. The van der Waals surface area contributed by atoms with Crippen molar-refractivity contribution in [2.45, 2.75) is 19.4 Å². The maximum atomic E-state index is 12.9. The third kappa shape index (κ3) is 8.35. The lowest BCUT2D eigenvalue weighted by atomic mass is 10.2. The number of hydrogen-bond acceptors (Lipinski definition) is 5. The van der Waals surface area contributed by atoms with Crippen LogP contribution in [0.1, 0.15) is 18.4 Å². The van der Waals surface area contributed by atoms with Gasteiger partial charge in [0.2, 0.25) is 5.91 Å². The minimum Gasteiger partial charge on any atom is -0.379 e. The summed E-state index contributed by atoms with van der Waals surface area (Å²) in [6, 6.07) is 12.8. The molecule has 3 amide bonds. The topological polar surface area (TPSA) is 86.8 Å². The highest BCUT2D eigenvalue weighted by Crippen LogP contribution is 2.08. The van der Waals surface area contributed by atoms with Crippen LogP contribution in [0.3, 0.4) is 0 Å². The summed E-state index contributed by atoms with van der Waals surface area (Å²) < 4.78 is 5.39. The number of aromatic nitrogens is 1. The maximum Gasteiger partial charge on any atom is 0.319 e. The molecule has 1 aromatic heterocycles. The minimum absolute atomic E-state index is 0.0267. The van der Waals surface area contributed by atoms with E-state index in [-0.39, 0.29) is 24.9 Å². The van der Waals surface area contributed by atoms with Crippen LogP contribution in [0.25, 0.3) is 0 Å². The first-order valence-electron chi connectivity index (χ1n) is 10.8. The van der Waals surface area contributed by atoms with Crippen molar-refractivity contribution in [3.05, 3.63) is 60.4 Å². The van der Waals surface area contributed by atoms with Gasteiger partial charge in [0.05, 0.1) is 13.2 Å². The number of amides is 3. The van der Waals surface area contributed by atoms with Crippen molar-refractivity contribution >= 4 is 17.6 Å². The van der Waals surface area contributed by atoms with Crippen molar-refractivity contribution < 1.29 is 14.3 Å². The highest BCUT2D eigenvalue weighted by Gasteiger charge is 2.16. The van der Waals surface area contributed by atoms with Gasteiger partial charge in [0.25, 0.3) is 0 Å². The van der Waals surface area contributed by atoms with Gasteiger partial charge in [0, 0.05) is 63.8 Å². The van der Waals surface area contributed by atoms with Gasteiger partial charge < -0.3 is 20.3 Å². The van der Waals surface area contributed by atoms with Crippen LogP contribution in [0.15, 0.2) is 54.9 Å².